The van der Waals surface area contributed by atoms with Crippen molar-refractivity contribution in [1.82, 2.24) is 25.1 Å². The van der Waals surface area contributed by atoms with Gasteiger partial charge in [0.1, 0.15) is 12.1 Å². The van der Waals surface area contributed by atoms with Crippen molar-refractivity contribution in [2.24, 2.45) is 7.05 Å². The van der Waals surface area contributed by atoms with Crippen molar-refractivity contribution >= 4 is 16.9 Å². The summed E-state index contributed by atoms with van der Waals surface area (Å²) in [5.41, 5.74) is 0.915. The summed E-state index contributed by atoms with van der Waals surface area (Å²) in [7, 11) is 1.93. The maximum absolute atomic E-state index is 4.54. The Balaban J connectivity index is 1.81. The van der Waals surface area contributed by atoms with E-state index in [2.05, 4.69) is 25.3 Å². The van der Waals surface area contributed by atoms with E-state index in [1.807, 2.05) is 17.9 Å². The van der Waals surface area contributed by atoms with Crippen LogP contribution in [0.5, 0.6) is 0 Å². The highest BCUT2D eigenvalue weighted by Gasteiger charge is 2.36. The van der Waals surface area contributed by atoms with Gasteiger partial charge in [0, 0.05) is 25.7 Å². The zero-order valence-electron chi connectivity index (χ0n) is 11.1. The van der Waals surface area contributed by atoms with Crippen molar-refractivity contribution in [2.75, 3.05) is 18.0 Å². The van der Waals surface area contributed by atoms with Gasteiger partial charge in [-0.05, 0) is 25.8 Å². The van der Waals surface area contributed by atoms with E-state index < -0.39 is 0 Å². The molecule has 0 unspecified atom stereocenters. The van der Waals surface area contributed by atoms with E-state index in [1.54, 1.807) is 6.33 Å². The highest BCUT2D eigenvalue weighted by molar-refractivity contribution is 5.86. The minimum atomic E-state index is 0.576. The van der Waals surface area contributed by atoms with Gasteiger partial charge in [-0.3, -0.25) is 4.68 Å². The quantitative estimate of drug-likeness (QED) is 0.815. The van der Waals surface area contributed by atoms with Crippen LogP contribution in [-0.4, -0.2) is 44.9 Å². The van der Waals surface area contributed by atoms with Crippen LogP contribution >= 0.6 is 0 Å². The van der Waals surface area contributed by atoms with Crippen LogP contribution < -0.4 is 10.2 Å². The standard InChI is InChI=1S/C13H18N6/c1-18-12-9(7-17-18)13(16-8-15-12)19-6-2-3-10-11(19)4-5-14-10/h7-8,10-11,14H,2-6H2,1H3/t10-,11-/m0/s1. The molecule has 0 bridgehead atoms. The normalized spacial score (nSPS) is 26.9. The molecule has 4 rings (SSSR count). The largest absolute Gasteiger partial charge is 0.351 e. The maximum atomic E-state index is 4.54. The highest BCUT2D eigenvalue weighted by atomic mass is 15.3. The Morgan fingerprint density at radius 1 is 1.32 bits per heavy atom. The summed E-state index contributed by atoms with van der Waals surface area (Å²) in [6, 6.07) is 1.20. The summed E-state index contributed by atoms with van der Waals surface area (Å²) < 4.78 is 1.81. The number of rotatable bonds is 1. The van der Waals surface area contributed by atoms with E-state index in [-0.39, 0.29) is 0 Å². The first-order valence-electron chi connectivity index (χ1n) is 6.97. The summed E-state index contributed by atoms with van der Waals surface area (Å²) in [5, 5.41) is 8.98. The second-order valence-corrected chi connectivity index (χ2v) is 5.45. The number of fused-ring (bicyclic) bond motifs is 2. The van der Waals surface area contributed by atoms with Gasteiger partial charge in [0.2, 0.25) is 0 Å². The fourth-order valence-corrected chi connectivity index (χ4v) is 3.51. The second kappa shape index (κ2) is 4.16. The van der Waals surface area contributed by atoms with E-state index in [0.29, 0.717) is 12.1 Å². The summed E-state index contributed by atoms with van der Waals surface area (Å²) in [6.07, 6.45) is 7.25. The molecule has 19 heavy (non-hydrogen) atoms. The van der Waals surface area contributed by atoms with E-state index in [0.717, 1.165) is 29.9 Å². The molecule has 2 aromatic heterocycles. The number of hydrogen-bond acceptors (Lipinski definition) is 5. The third-order valence-corrected chi connectivity index (χ3v) is 4.41. The van der Waals surface area contributed by atoms with Gasteiger partial charge in [-0.2, -0.15) is 5.10 Å². The van der Waals surface area contributed by atoms with E-state index in [9.17, 15) is 0 Å². The molecule has 2 fully saturated rings. The fraction of sp³-hybridized carbons (Fsp3) is 0.615. The third-order valence-electron chi connectivity index (χ3n) is 4.41. The average molecular weight is 258 g/mol. The van der Waals surface area contributed by atoms with Crippen LogP contribution in [0.1, 0.15) is 19.3 Å². The van der Waals surface area contributed by atoms with Crippen LogP contribution in [0.25, 0.3) is 11.0 Å². The van der Waals surface area contributed by atoms with E-state index >= 15 is 0 Å². The molecule has 0 spiro atoms. The maximum Gasteiger partial charge on any atom is 0.163 e. The molecule has 0 radical (unpaired) electrons. The fourth-order valence-electron chi connectivity index (χ4n) is 3.51. The van der Waals surface area contributed by atoms with Crippen LogP contribution in [0.15, 0.2) is 12.5 Å². The van der Waals surface area contributed by atoms with Gasteiger partial charge < -0.3 is 10.2 Å². The lowest BCUT2D eigenvalue weighted by Crippen LogP contribution is -2.49. The van der Waals surface area contributed by atoms with Crippen LogP contribution in [0.3, 0.4) is 0 Å². The SMILES string of the molecule is Cn1ncc2c(N3CCC[C@@H]4NCC[C@@H]43)ncnc21. The molecule has 2 saturated heterocycles. The summed E-state index contributed by atoms with van der Waals surface area (Å²) in [6.45, 7) is 2.21. The van der Waals surface area contributed by atoms with Crippen molar-refractivity contribution in [3.63, 3.8) is 0 Å². The molecule has 0 saturated carbocycles. The van der Waals surface area contributed by atoms with E-state index in [4.69, 9.17) is 0 Å². The minimum absolute atomic E-state index is 0.576. The van der Waals surface area contributed by atoms with Gasteiger partial charge in [0.05, 0.1) is 11.6 Å². The molecule has 0 amide bonds. The predicted molar refractivity (Wildman–Crippen MR) is 73.1 cm³/mol. The lowest BCUT2D eigenvalue weighted by molar-refractivity contribution is 0.410. The predicted octanol–water partition coefficient (Wildman–Crippen LogP) is 0.694. The lowest BCUT2D eigenvalue weighted by Gasteiger charge is -2.38. The Bertz CT molecular complexity index is 606. The Hall–Kier alpha value is -1.69. The molecular formula is C13H18N6. The second-order valence-electron chi connectivity index (χ2n) is 5.45. The van der Waals surface area contributed by atoms with Crippen LogP contribution in [-0.2, 0) is 7.05 Å². The van der Waals surface area contributed by atoms with Crippen molar-refractivity contribution in [1.29, 1.82) is 0 Å². The monoisotopic (exact) mass is 258 g/mol. The summed E-state index contributed by atoms with van der Waals surface area (Å²) in [5.74, 6) is 1.05. The topological polar surface area (TPSA) is 58.9 Å². The summed E-state index contributed by atoms with van der Waals surface area (Å²) in [4.78, 5) is 11.3. The van der Waals surface area contributed by atoms with Gasteiger partial charge in [0.15, 0.2) is 5.65 Å². The zero-order chi connectivity index (χ0) is 12.8. The lowest BCUT2D eigenvalue weighted by atomic mass is 9.97. The molecule has 1 N–H and O–H groups in total. The molecule has 6 heteroatoms. The van der Waals surface area contributed by atoms with Crippen molar-refractivity contribution in [3.8, 4) is 0 Å². The number of anilines is 1. The molecule has 2 atom stereocenters. The number of aryl methyl sites for hydroxylation is 1. The molecular weight excluding hydrogens is 240 g/mol. The molecule has 2 aliphatic heterocycles. The molecule has 6 nitrogen and oxygen atoms in total. The van der Waals surface area contributed by atoms with Crippen LogP contribution in [0.2, 0.25) is 0 Å². The number of nitrogens with zero attached hydrogens (tertiary/aromatic N) is 5. The highest BCUT2D eigenvalue weighted by Crippen LogP contribution is 2.31. The number of piperidine rings is 1. The zero-order valence-corrected chi connectivity index (χ0v) is 11.1. The first-order valence-corrected chi connectivity index (χ1v) is 6.97. The number of hydrogen-bond donors (Lipinski definition) is 1. The first kappa shape index (κ1) is 11.2. The third kappa shape index (κ3) is 1.63. The molecule has 0 aromatic carbocycles. The first-order chi connectivity index (χ1) is 9.34. The summed E-state index contributed by atoms with van der Waals surface area (Å²) >= 11 is 0. The number of nitrogens with one attached hydrogen (secondary N) is 1. The van der Waals surface area contributed by atoms with Crippen molar-refractivity contribution in [3.05, 3.63) is 12.5 Å². The van der Waals surface area contributed by atoms with Gasteiger partial charge in [-0.25, -0.2) is 9.97 Å². The van der Waals surface area contributed by atoms with E-state index in [1.165, 1.54) is 19.3 Å². The molecule has 0 aliphatic carbocycles. The number of aromatic nitrogens is 4. The molecule has 100 valence electrons. The molecule has 2 aromatic rings. The molecule has 2 aliphatic rings. The Morgan fingerprint density at radius 3 is 3.21 bits per heavy atom. The Labute approximate surface area is 111 Å². The minimum Gasteiger partial charge on any atom is -0.351 e. The smallest absolute Gasteiger partial charge is 0.163 e. The Morgan fingerprint density at radius 2 is 2.26 bits per heavy atom. The van der Waals surface area contributed by atoms with Crippen molar-refractivity contribution in [2.45, 2.75) is 31.3 Å². The van der Waals surface area contributed by atoms with Gasteiger partial charge in [0.25, 0.3) is 0 Å². The van der Waals surface area contributed by atoms with Crippen LogP contribution in [0.4, 0.5) is 5.82 Å². The van der Waals surface area contributed by atoms with Gasteiger partial charge in [-0.1, -0.05) is 0 Å². The van der Waals surface area contributed by atoms with Crippen LogP contribution in [0, 0.1) is 0 Å². The van der Waals surface area contributed by atoms with Crippen molar-refractivity contribution < 1.29 is 0 Å². The average Bonchev–Trinajstić information content (AvgIpc) is 3.05. The van der Waals surface area contributed by atoms with Gasteiger partial charge >= 0.3 is 0 Å². The molecule has 4 heterocycles. The van der Waals surface area contributed by atoms with Gasteiger partial charge in [-0.15, -0.1) is 0 Å². The Kier molecular flexibility index (Phi) is 2.44.